The summed E-state index contributed by atoms with van der Waals surface area (Å²) >= 11 is 0. The van der Waals surface area contributed by atoms with Crippen LogP contribution >= 0.6 is 0 Å². The minimum Gasteiger partial charge on any atom is -0.348 e. The first-order chi connectivity index (χ1) is 11.3. The Balaban J connectivity index is 1.70. The predicted molar refractivity (Wildman–Crippen MR) is 93.2 cm³/mol. The van der Waals surface area contributed by atoms with Crippen molar-refractivity contribution >= 4 is 5.91 Å². The molecule has 3 rings (SSSR count). The fraction of sp³-hybridized carbons (Fsp3) is 0.250. The fourth-order valence-electron chi connectivity index (χ4n) is 3.07. The number of benzene rings is 2. The summed E-state index contributed by atoms with van der Waals surface area (Å²) in [6.07, 6.45) is 3.53. The van der Waals surface area contributed by atoms with Crippen LogP contribution in [0.25, 0.3) is 0 Å². The summed E-state index contributed by atoms with van der Waals surface area (Å²) < 4.78 is 0. The third-order valence-corrected chi connectivity index (χ3v) is 4.28. The highest BCUT2D eigenvalue weighted by molar-refractivity contribution is 5.84. The van der Waals surface area contributed by atoms with Gasteiger partial charge < -0.3 is 10.6 Å². The van der Waals surface area contributed by atoms with Crippen LogP contribution in [0.4, 0.5) is 0 Å². The van der Waals surface area contributed by atoms with Gasteiger partial charge in [-0.1, -0.05) is 60.7 Å². The van der Waals surface area contributed by atoms with Gasteiger partial charge in [0.25, 0.3) is 0 Å². The second kappa shape index (κ2) is 7.25. The Labute approximate surface area is 137 Å². The summed E-state index contributed by atoms with van der Waals surface area (Å²) in [4.78, 5) is 12.7. The van der Waals surface area contributed by atoms with Gasteiger partial charge in [0.05, 0.1) is 6.04 Å². The molecule has 1 amide bonds. The van der Waals surface area contributed by atoms with Crippen LogP contribution in [-0.4, -0.2) is 18.5 Å². The van der Waals surface area contributed by atoms with Gasteiger partial charge in [-0.3, -0.25) is 4.79 Å². The van der Waals surface area contributed by atoms with Crippen molar-refractivity contribution in [1.82, 2.24) is 10.6 Å². The van der Waals surface area contributed by atoms with Crippen molar-refractivity contribution in [1.29, 1.82) is 0 Å². The second-order valence-electron chi connectivity index (χ2n) is 5.88. The maximum atomic E-state index is 12.7. The van der Waals surface area contributed by atoms with Crippen LogP contribution in [0, 0.1) is 0 Å². The Hall–Kier alpha value is -2.39. The van der Waals surface area contributed by atoms with E-state index in [2.05, 4.69) is 35.4 Å². The minimum atomic E-state index is -0.279. The van der Waals surface area contributed by atoms with E-state index in [0.29, 0.717) is 0 Å². The molecule has 1 aliphatic rings. The summed E-state index contributed by atoms with van der Waals surface area (Å²) in [6.45, 7) is 4.69. The molecule has 0 bridgehead atoms. The zero-order valence-corrected chi connectivity index (χ0v) is 13.2. The molecule has 0 fully saturated rings. The first kappa shape index (κ1) is 15.5. The van der Waals surface area contributed by atoms with Gasteiger partial charge in [-0.05, 0) is 29.5 Å². The number of hydrogen-bond acceptors (Lipinski definition) is 2. The van der Waals surface area contributed by atoms with Gasteiger partial charge in [0.1, 0.15) is 6.04 Å². The van der Waals surface area contributed by atoms with Crippen molar-refractivity contribution in [3.05, 3.63) is 83.9 Å². The van der Waals surface area contributed by atoms with Crippen molar-refractivity contribution in [2.24, 2.45) is 0 Å². The maximum Gasteiger partial charge on any atom is 0.242 e. The quantitative estimate of drug-likeness (QED) is 0.834. The van der Waals surface area contributed by atoms with Crippen molar-refractivity contribution in [2.75, 3.05) is 6.54 Å². The Kier molecular flexibility index (Phi) is 4.89. The van der Waals surface area contributed by atoms with Crippen LogP contribution in [0.1, 0.15) is 22.7 Å². The van der Waals surface area contributed by atoms with Crippen molar-refractivity contribution in [3.8, 4) is 0 Å². The van der Waals surface area contributed by atoms with Gasteiger partial charge in [0.15, 0.2) is 0 Å². The summed E-state index contributed by atoms with van der Waals surface area (Å²) in [5.41, 5.74) is 3.53. The Bertz CT molecular complexity index is 681. The molecule has 0 aromatic heterocycles. The number of amides is 1. The summed E-state index contributed by atoms with van der Waals surface area (Å²) in [7, 11) is 0. The van der Waals surface area contributed by atoms with Crippen LogP contribution in [0.3, 0.4) is 0 Å². The molecule has 2 aromatic rings. The highest BCUT2D eigenvalue weighted by Gasteiger charge is 2.26. The number of carbonyl (C=O) groups excluding carboxylic acids is 1. The third-order valence-electron chi connectivity index (χ3n) is 4.28. The Morgan fingerprint density at radius 1 is 1.22 bits per heavy atom. The molecule has 0 radical (unpaired) electrons. The number of nitrogens with one attached hydrogen (secondary N) is 2. The van der Waals surface area contributed by atoms with Gasteiger partial charge >= 0.3 is 0 Å². The van der Waals surface area contributed by atoms with Crippen molar-refractivity contribution in [3.63, 3.8) is 0 Å². The molecular weight excluding hydrogens is 284 g/mol. The lowest BCUT2D eigenvalue weighted by atomic mass is 9.93. The number of rotatable bonds is 5. The molecular formula is C20H22N2O. The first-order valence-electron chi connectivity index (χ1n) is 8.06. The second-order valence-corrected chi connectivity index (χ2v) is 5.88. The fourth-order valence-corrected chi connectivity index (χ4v) is 3.07. The van der Waals surface area contributed by atoms with E-state index >= 15 is 0 Å². The van der Waals surface area contributed by atoms with Crippen molar-refractivity contribution < 1.29 is 4.79 Å². The van der Waals surface area contributed by atoms with Gasteiger partial charge in [-0.25, -0.2) is 0 Å². The highest BCUT2D eigenvalue weighted by Crippen LogP contribution is 2.22. The molecule has 0 aliphatic carbocycles. The maximum absolute atomic E-state index is 12.7. The molecule has 0 spiro atoms. The van der Waals surface area contributed by atoms with E-state index in [1.807, 2.05) is 36.4 Å². The molecule has 1 heterocycles. The molecule has 1 aliphatic heterocycles. The Morgan fingerprint density at radius 3 is 2.74 bits per heavy atom. The molecule has 2 N–H and O–H groups in total. The molecule has 3 nitrogen and oxygen atoms in total. The molecule has 118 valence electrons. The van der Waals surface area contributed by atoms with Crippen LogP contribution in [0.2, 0.25) is 0 Å². The SMILES string of the molecule is C=CC(Cc1ccccc1)NC(=O)C1NCCc2ccccc21. The smallest absolute Gasteiger partial charge is 0.242 e. The molecule has 0 saturated carbocycles. The van der Waals surface area contributed by atoms with E-state index in [1.165, 1.54) is 11.1 Å². The van der Waals surface area contributed by atoms with Gasteiger partial charge in [-0.2, -0.15) is 0 Å². The molecule has 2 atom stereocenters. The van der Waals surface area contributed by atoms with E-state index in [0.717, 1.165) is 24.9 Å². The predicted octanol–water partition coefficient (Wildman–Crippen LogP) is 2.79. The first-order valence-corrected chi connectivity index (χ1v) is 8.06. The zero-order valence-electron chi connectivity index (χ0n) is 13.2. The van der Waals surface area contributed by atoms with E-state index in [1.54, 1.807) is 6.08 Å². The summed E-state index contributed by atoms with van der Waals surface area (Å²) in [5.74, 6) is 0.0120. The zero-order chi connectivity index (χ0) is 16.1. The van der Waals surface area contributed by atoms with E-state index in [9.17, 15) is 4.79 Å². The largest absolute Gasteiger partial charge is 0.348 e. The number of hydrogen-bond donors (Lipinski definition) is 2. The third kappa shape index (κ3) is 3.69. The van der Waals surface area contributed by atoms with Crippen molar-refractivity contribution in [2.45, 2.75) is 24.9 Å². The normalized spacial score (nSPS) is 17.8. The standard InChI is InChI=1S/C20H22N2O/c1-2-17(14-15-8-4-3-5-9-15)22-20(23)19-18-11-7-6-10-16(18)12-13-21-19/h2-11,17,19,21H,1,12-14H2,(H,22,23). The van der Waals surface area contributed by atoms with Crippen LogP contribution in [0.15, 0.2) is 67.3 Å². The molecule has 2 aromatic carbocycles. The van der Waals surface area contributed by atoms with E-state index < -0.39 is 0 Å². The average Bonchev–Trinajstić information content (AvgIpc) is 2.61. The molecule has 3 heteroatoms. The monoisotopic (exact) mass is 306 g/mol. The number of carbonyl (C=O) groups is 1. The van der Waals surface area contributed by atoms with E-state index in [-0.39, 0.29) is 18.0 Å². The topological polar surface area (TPSA) is 41.1 Å². The molecule has 23 heavy (non-hydrogen) atoms. The van der Waals surface area contributed by atoms with E-state index in [4.69, 9.17) is 0 Å². The van der Waals surface area contributed by atoms with Crippen LogP contribution < -0.4 is 10.6 Å². The van der Waals surface area contributed by atoms with Gasteiger partial charge in [0.2, 0.25) is 5.91 Å². The average molecular weight is 306 g/mol. The number of fused-ring (bicyclic) bond motifs is 1. The Morgan fingerprint density at radius 2 is 1.96 bits per heavy atom. The van der Waals surface area contributed by atoms with Crippen LogP contribution in [-0.2, 0) is 17.6 Å². The van der Waals surface area contributed by atoms with Gasteiger partial charge in [-0.15, -0.1) is 6.58 Å². The summed E-state index contributed by atoms with van der Waals surface area (Å²) in [6, 6.07) is 18.0. The lowest BCUT2D eigenvalue weighted by molar-refractivity contribution is -0.123. The molecule has 2 unspecified atom stereocenters. The minimum absolute atomic E-state index is 0.0120. The summed E-state index contributed by atoms with van der Waals surface area (Å²) in [5, 5.41) is 6.43. The highest BCUT2D eigenvalue weighted by atomic mass is 16.2. The lowest BCUT2D eigenvalue weighted by Gasteiger charge is -2.27. The van der Waals surface area contributed by atoms with Crippen LogP contribution in [0.5, 0.6) is 0 Å². The lowest BCUT2D eigenvalue weighted by Crippen LogP contribution is -2.45. The molecule has 0 saturated heterocycles. The van der Waals surface area contributed by atoms with Gasteiger partial charge in [0, 0.05) is 6.54 Å².